The van der Waals surface area contributed by atoms with Crippen LogP contribution in [0.2, 0.25) is 0 Å². The van der Waals surface area contributed by atoms with Crippen molar-refractivity contribution in [2.75, 3.05) is 0 Å². The molecule has 0 aromatic carbocycles. The molecule has 0 rings (SSSR count). The summed E-state index contributed by atoms with van der Waals surface area (Å²) < 4.78 is 0. The van der Waals surface area contributed by atoms with Crippen LogP contribution < -0.4 is 11.5 Å². The summed E-state index contributed by atoms with van der Waals surface area (Å²) in [6.07, 6.45) is 12.1. The minimum atomic E-state index is 0.261. The van der Waals surface area contributed by atoms with Crippen LogP contribution in [-0.2, 0) is 0 Å². The highest BCUT2D eigenvalue weighted by Gasteiger charge is 2.23. The zero-order valence-electron chi connectivity index (χ0n) is 20.3. The molecule has 0 heterocycles. The fraction of sp³-hybridized carbons (Fsp3) is 0.846. The highest BCUT2D eigenvalue weighted by atomic mass is 14.6. The lowest BCUT2D eigenvalue weighted by Gasteiger charge is -2.29. The molecule has 0 aromatic heterocycles. The molecular formula is C26H52N2. The number of rotatable bonds is 16. The van der Waals surface area contributed by atoms with Crippen LogP contribution in [0.1, 0.15) is 113 Å². The Bertz CT molecular complexity index is 443. The molecule has 0 aliphatic rings. The van der Waals surface area contributed by atoms with E-state index in [0.717, 1.165) is 25.2 Å². The molecule has 0 amide bonds. The molecule has 5 unspecified atom stereocenters. The molecule has 0 fully saturated rings. The predicted octanol–water partition coefficient (Wildman–Crippen LogP) is 7.38. The fourth-order valence-electron chi connectivity index (χ4n) is 4.30. The summed E-state index contributed by atoms with van der Waals surface area (Å²) in [6, 6.07) is 0.527. The van der Waals surface area contributed by atoms with Crippen LogP contribution in [0.25, 0.3) is 0 Å². The van der Waals surface area contributed by atoms with Gasteiger partial charge in [0, 0.05) is 12.1 Å². The largest absolute Gasteiger partial charge is 0.328 e. The van der Waals surface area contributed by atoms with Crippen LogP contribution in [0.3, 0.4) is 0 Å². The van der Waals surface area contributed by atoms with Crippen molar-refractivity contribution in [2.24, 2.45) is 29.2 Å². The Morgan fingerprint density at radius 3 is 2.00 bits per heavy atom. The van der Waals surface area contributed by atoms with Crippen LogP contribution in [-0.4, -0.2) is 12.1 Å². The first-order valence-electron chi connectivity index (χ1n) is 11.9. The molecular weight excluding hydrogens is 340 g/mol. The second kappa shape index (κ2) is 15.3. The van der Waals surface area contributed by atoms with Crippen molar-refractivity contribution >= 4 is 0 Å². The summed E-state index contributed by atoms with van der Waals surface area (Å²) >= 11 is 0. The standard InChI is InChI=1S/C26H52N2/c1-9-11-20(4)14-15-25(17-23(7)27)18-26(24(8)28)16-21(5)12-10-13-22(6)19(2)3/h21,23-26H,4,9-18,27-28H2,1-3,5-8H3. The molecule has 0 aliphatic heterocycles. The molecule has 166 valence electrons. The van der Waals surface area contributed by atoms with Gasteiger partial charge in [-0.05, 0) is 104 Å². The second-order valence-corrected chi connectivity index (χ2v) is 9.99. The Kier molecular flexibility index (Phi) is 14.9. The van der Waals surface area contributed by atoms with Crippen molar-refractivity contribution in [1.82, 2.24) is 0 Å². The van der Waals surface area contributed by atoms with Crippen molar-refractivity contribution in [1.29, 1.82) is 0 Å². The predicted molar refractivity (Wildman–Crippen MR) is 128 cm³/mol. The summed E-state index contributed by atoms with van der Waals surface area (Å²) in [4.78, 5) is 0. The Morgan fingerprint density at radius 1 is 0.857 bits per heavy atom. The average molecular weight is 393 g/mol. The van der Waals surface area contributed by atoms with Gasteiger partial charge in [0.05, 0.1) is 0 Å². The molecule has 0 spiro atoms. The van der Waals surface area contributed by atoms with E-state index >= 15 is 0 Å². The van der Waals surface area contributed by atoms with E-state index in [0.29, 0.717) is 11.8 Å². The summed E-state index contributed by atoms with van der Waals surface area (Å²) in [5, 5.41) is 0. The van der Waals surface area contributed by atoms with Crippen LogP contribution in [0.4, 0.5) is 0 Å². The van der Waals surface area contributed by atoms with Gasteiger partial charge in [0.25, 0.3) is 0 Å². The third kappa shape index (κ3) is 13.6. The van der Waals surface area contributed by atoms with Gasteiger partial charge in [0.15, 0.2) is 0 Å². The Morgan fingerprint density at radius 2 is 1.50 bits per heavy atom. The summed E-state index contributed by atoms with van der Waals surface area (Å²) in [7, 11) is 0. The minimum Gasteiger partial charge on any atom is -0.328 e. The Balaban J connectivity index is 4.68. The highest BCUT2D eigenvalue weighted by molar-refractivity contribution is 5.06. The minimum absolute atomic E-state index is 0.261. The molecule has 0 bridgehead atoms. The van der Waals surface area contributed by atoms with E-state index in [4.69, 9.17) is 11.5 Å². The molecule has 2 nitrogen and oxygen atoms in total. The molecule has 4 N–H and O–H groups in total. The van der Waals surface area contributed by atoms with E-state index in [9.17, 15) is 0 Å². The topological polar surface area (TPSA) is 52.0 Å². The lowest BCUT2D eigenvalue weighted by molar-refractivity contribution is 0.250. The van der Waals surface area contributed by atoms with Crippen molar-refractivity contribution in [3.05, 3.63) is 23.3 Å². The summed E-state index contributed by atoms with van der Waals surface area (Å²) in [5.41, 5.74) is 17.0. The van der Waals surface area contributed by atoms with Gasteiger partial charge in [0.1, 0.15) is 0 Å². The van der Waals surface area contributed by atoms with E-state index in [-0.39, 0.29) is 12.1 Å². The number of hydrogen-bond donors (Lipinski definition) is 2. The maximum Gasteiger partial charge on any atom is 0.00389 e. The lowest BCUT2D eigenvalue weighted by Crippen LogP contribution is -2.31. The fourth-order valence-corrected chi connectivity index (χ4v) is 4.30. The molecule has 0 aromatic rings. The zero-order chi connectivity index (χ0) is 21.7. The molecule has 0 aliphatic carbocycles. The van der Waals surface area contributed by atoms with Gasteiger partial charge in [-0.2, -0.15) is 0 Å². The molecule has 0 saturated carbocycles. The Labute approximate surface area is 177 Å². The quantitative estimate of drug-likeness (QED) is 0.269. The summed E-state index contributed by atoms with van der Waals surface area (Å²) in [6.45, 7) is 20.0. The lowest BCUT2D eigenvalue weighted by atomic mass is 9.78. The number of nitrogens with two attached hydrogens (primary N) is 2. The Hall–Kier alpha value is -0.600. The molecule has 0 saturated heterocycles. The third-order valence-corrected chi connectivity index (χ3v) is 6.40. The van der Waals surface area contributed by atoms with Crippen molar-refractivity contribution in [3.63, 3.8) is 0 Å². The first kappa shape index (κ1) is 27.4. The van der Waals surface area contributed by atoms with Gasteiger partial charge in [-0.15, -0.1) is 0 Å². The second-order valence-electron chi connectivity index (χ2n) is 9.99. The van der Waals surface area contributed by atoms with E-state index < -0.39 is 0 Å². The van der Waals surface area contributed by atoms with Crippen molar-refractivity contribution in [2.45, 2.75) is 125 Å². The van der Waals surface area contributed by atoms with Gasteiger partial charge in [-0.1, -0.05) is 50.0 Å². The van der Waals surface area contributed by atoms with Crippen LogP contribution in [0, 0.1) is 17.8 Å². The van der Waals surface area contributed by atoms with Crippen molar-refractivity contribution in [3.8, 4) is 0 Å². The van der Waals surface area contributed by atoms with Gasteiger partial charge in [0.2, 0.25) is 0 Å². The molecule has 0 radical (unpaired) electrons. The molecule has 5 atom stereocenters. The van der Waals surface area contributed by atoms with E-state index in [1.807, 2.05) is 0 Å². The maximum atomic E-state index is 6.43. The van der Waals surface area contributed by atoms with Crippen LogP contribution in [0.5, 0.6) is 0 Å². The molecule has 28 heavy (non-hydrogen) atoms. The van der Waals surface area contributed by atoms with Gasteiger partial charge in [-0.3, -0.25) is 0 Å². The SMILES string of the molecule is C=C(CCC)CCC(CC(C)N)CC(CC(C)CCCC(C)=C(C)C)C(C)N. The average Bonchev–Trinajstić information content (AvgIpc) is 2.58. The van der Waals surface area contributed by atoms with Crippen molar-refractivity contribution < 1.29 is 0 Å². The smallest absolute Gasteiger partial charge is 0.00389 e. The highest BCUT2D eigenvalue weighted by Crippen LogP contribution is 2.31. The van der Waals surface area contributed by atoms with E-state index in [2.05, 4.69) is 55.0 Å². The molecule has 2 heteroatoms. The van der Waals surface area contributed by atoms with Crippen LogP contribution >= 0.6 is 0 Å². The monoisotopic (exact) mass is 392 g/mol. The normalized spacial score (nSPS) is 16.9. The first-order chi connectivity index (χ1) is 13.1. The van der Waals surface area contributed by atoms with E-state index in [1.54, 1.807) is 5.57 Å². The maximum absolute atomic E-state index is 6.43. The van der Waals surface area contributed by atoms with Gasteiger partial charge >= 0.3 is 0 Å². The zero-order valence-corrected chi connectivity index (χ0v) is 20.3. The van der Waals surface area contributed by atoms with Gasteiger partial charge < -0.3 is 11.5 Å². The van der Waals surface area contributed by atoms with E-state index in [1.165, 1.54) is 56.1 Å². The number of hydrogen-bond acceptors (Lipinski definition) is 2. The summed E-state index contributed by atoms with van der Waals surface area (Å²) in [5.74, 6) is 2.01. The van der Waals surface area contributed by atoms with Gasteiger partial charge in [-0.25, -0.2) is 0 Å². The van der Waals surface area contributed by atoms with Crippen LogP contribution in [0.15, 0.2) is 23.3 Å². The number of allylic oxidation sites excluding steroid dienone is 3. The third-order valence-electron chi connectivity index (χ3n) is 6.40. The first-order valence-corrected chi connectivity index (χ1v) is 11.9.